The molecule has 4 rings (SSSR count). The van der Waals surface area contributed by atoms with Crippen molar-refractivity contribution in [1.29, 1.82) is 0 Å². The van der Waals surface area contributed by atoms with Gasteiger partial charge in [0.1, 0.15) is 0 Å². The lowest BCUT2D eigenvalue weighted by Crippen LogP contribution is -2.62. The minimum absolute atomic E-state index is 0.0840. The van der Waals surface area contributed by atoms with Crippen LogP contribution in [0, 0.1) is 28.6 Å². The zero-order valence-electron chi connectivity index (χ0n) is 21.3. The number of carbonyl (C=O) groups excluding carboxylic acids is 1. The summed E-state index contributed by atoms with van der Waals surface area (Å²) in [5.41, 5.74) is -4.27. The van der Waals surface area contributed by atoms with Crippen LogP contribution in [0.25, 0.3) is 0 Å². The maximum absolute atomic E-state index is 13.2. The summed E-state index contributed by atoms with van der Waals surface area (Å²) in [6, 6.07) is 0. The van der Waals surface area contributed by atoms with Gasteiger partial charge in [-0.3, -0.25) is 4.79 Å². The number of fused-ring (bicyclic) bond motifs is 5. The van der Waals surface area contributed by atoms with Gasteiger partial charge in [-0.05, 0) is 101 Å². The molecular formula is C27H44O7. The van der Waals surface area contributed by atoms with E-state index in [1.54, 1.807) is 26.8 Å². The molecule has 194 valence electrons. The Labute approximate surface area is 202 Å². The minimum atomic E-state index is -1.46. The molecule has 3 fully saturated rings. The molecule has 0 heterocycles. The van der Waals surface area contributed by atoms with Crippen LogP contribution in [-0.4, -0.2) is 71.5 Å². The van der Waals surface area contributed by atoms with Crippen LogP contribution < -0.4 is 0 Å². The Balaban J connectivity index is 1.66. The number of aliphatic hydroxyl groups is 6. The van der Waals surface area contributed by atoms with Gasteiger partial charge in [-0.25, -0.2) is 0 Å². The molecule has 1 unspecified atom stereocenters. The van der Waals surface area contributed by atoms with Crippen molar-refractivity contribution in [3.63, 3.8) is 0 Å². The third-order valence-electron chi connectivity index (χ3n) is 10.5. The summed E-state index contributed by atoms with van der Waals surface area (Å²) in [5.74, 6) is -0.948. The van der Waals surface area contributed by atoms with Gasteiger partial charge in [-0.1, -0.05) is 13.8 Å². The SMILES string of the molecule is CC(C)(O)CC[C@@H](O)[C@](C)(O)[C@H]1CC[C@@]2(O)C3=CC(=O)C4C[C@H](O)[C@H](O)C[C@]4(C)[C@H]3CC[C@]12C. The molecule has 7 nitrogen and oxygen atoms in total. The minimum Gasteiger partial charge on any atom is -0.390 e. The molecule has 0 bridgehead atoms. The topological polar surface area (TPSA) is 138 Å². The Bertz CT molecular complexity index is 860. The molecule has 7 heteroatoms. The van der Waals surface area contributed by atoms with Crippen LogP contribution >= 0.6 is 0 Å². The van der Waals surface area contributed by atoms with E-state index in [4.69, 9.17) is 0 Å². The summed E-state index contributed by atoms with van der Waals surface area (Å²) in [5, 5.41) is 65.5. The fourth-order valence-corrected chi connectivity index (χ4v) is 8.32. The second-order valence-corrected chi connectivity index (χ2v) is 13.2. The van der Waals surface area contributed by atoms with Crippen molar-refractivity contribution < 1.29 is 35.4 Å². The number of hydrogen-bond donors (Lipinski definition) is 6. The fourth-order valence-electron chi connectivity index (χ4n) is 8.32. The Hall–Kier alpha value is -0.830. The molecule has 0 aromatic carbocycles. The third-order valence-corrected chi connectivity index (χ3v) is 10.5. The second-order valence-electron chi connectivity index (χ2n) is 13.2. The van der Waals surface area contributed by atoms with E-state index in [0.717, 1.165) is 0 Å². The Morgan fingerprint density at radius 1 is 1.06 bits per heavy atom. The van der Waals surface area contributed by atoms with Crippen LogP contribution in [0.3, 0.4) is 0 Å². The number of allylic oxidation sites excluding steroid dienone is 1. The predicted octanol–water partition coefficient (Wildman–Crippen LogP) is 1.85. The van der Waals surface area contributed by atoms with Crippen LogP contribution in [0.4, 0.5) is 0 Å². The zero-order valence-corrected chi connectivity index (χ0v) is 21.3. The highest BCUT2D eigenvalue weighted by Crippen LogP contribution is 2.68. The molecule has 0 saturated heterocycles. The van der Waals surface area contributed by atoms with E-state index in [2.05, 4.69) is 0 Å². The van der Waals surface area contributed by atoms with E-state index in [1.807, 2.05) is 13.8 Å². The summed E-state index contributed by atoms with van der Waals surface area (Å²) in [6.45, 7) is 8.96. The molecule has 0 aliphatic heterocycles. The molecule has 4 aliphatic carbocycles. The van der Waals surface area contributed by atoms with E-state index < -0.39 is 45.9 Å². The quantitative estimate of drug-likeness (QED) is 0.353. The number of rotatable bonds is 5. The zero-order chi connectivity index (χ0) is 25.5. The van der Waals surface area contributed by atoms with E-state index in [-0.39, 0.29) is 36.4 Å². The lowest BCUT2D eigenvalue weighted by Gasteiger charge is -2.60. The summed E-state index contributed by atoms with van der Waals surface area (Å²) in [7, 11) is 0. The Morgan fingerprint density at radius 2 is 1.71 bits per heavy atom. The van der Waals surface area contributed by atoms with Crippen LogP contribution in [-0.2, 0) is 4.79 Å². The first-order valence-electron chi connectivity index (χ1n) is 12.9. The van der Waals surface area contributed by atoms with Crippen molar-refractivity contribution in [3.05, 3.63) is 11.6 Å². The molecule has 34 heavy (non-hydrogen) atoms. The lowest BCUT2D eigenvalue weighted by molar-refractivity contribution is -0.177. The molecule has 0 spiro atoms. The first kappa shape index (κ1) is 26.2. The molecule has 6 N–H and O–H groups in total. The standard InChI is InChI=1S/C27H44O7/c1-23(2,32)9-8-22(31)26(5,33)21-7-11-27(34)16-12-18(28)17-13-19(29)20(30)14-24(17,3)15(16)6-10-25(21,27)4/h12,15,17,19-22,29-34H,6-11,13-14H2,1-5H3/t15-,17?,19-,20+,21-,22+,24+,25+,26+,27+/m0/s1. The van der Waals surface area contributed by atoms with E-state index in [9.17, 15) is 35.4 Å². The van der Waals surface area contributed by atoms with Crippen molar-refractivity contribution in [2.75, 3.05) is 0 Å². The van der Waals surface area contributed by atoms with Crippen molar-refractivity contribution in [1.82, 2.24) is 0 Å². The van der Waals surface area contributed by atoms with Crippen molar-refractivity contribution in [3.8, 4) is 0 Å². The molecule has 3 saturated carbocycles. The van der Waals surface area contributed by atoms with Gasteiger partial charge < -0.3 is 30.6 Å². The van der Waals surface area contributed by atoms with E-state index in [0.29, 0.717) is 44.1 Å². The van der Waals surface area contributed by atoms with Gasteiger partial charge in [0.2, 0.25) is 0 Å². The largest absolute Gasteiger partial charge is 0.390 e. The maximum Gasteiger partial charge on any atom is 0.159 e. The smallest absolute Gasteiger partial charge is 0.159 e. The van der Waals surface area contributed by atoms with Crippen molar-refractivity contribution in [2.24, 2.45) is 28.6 Å². The summed E-state index contributed by atoms with van der Waals surface area (Å²) in [6.07, 6.45) is 2.11. The highest BCUT2D eigenvalue weighted by molar-refractivity contribution is 5.95. The molecule has 10 atom stereocenters. The Kier molecular flexibility index (Phi) is 6.24. The molecular weight excluding hydrogens is 436 g/mol. The average molecular weight is 481 g/mol. The van der Waals surface area contributed by atoms with Gasteiger partial charge in [-0.15, -0.1) is 0 Å². The van der Waals surface area contributed by atoms with Gasteiger partial charge in [0, 0.05) is 11.3 Å². The summed E-state index contributed by atoms with van der Waals surface area (Å²) >= 11 is 0. The first-order chi connectivity index (χ1) is 15.5. The third kappa shape index (κ3) is 3.73. The molecule has 0 radical (unpaired) electrons. The molecule has 0 amide bonds. The van der Waals surface area contributed by atoms with Gasteiger partial charge in [0.15, 0.2) is 5.78 Å². The Morgan fingerprint density at radius 3 is 2.32 bits per heavy atom. The normalized spacial score (nSPS) is 47.2. The summed E-state index contributed by atoms with van der Waals surface area (Å²) < 4.78 is 0. The lowest BCUT2D eigenvalue weighted by atomic mass is 9.45. The van der Waals surface area contributed by atoms with Gasteiger partial charge in [0.05, 0.1) is 35.1 Å². The molecule has 4 aliphatic rings. The van der Waals surface area contributed by atoms with Gasteiger partial charge in [0.25, 0.3) is 0 Å². The monoisotopic (exact) mass is 480 g/mol. The fraction of sp³-hybridized carbons (Fsp3) is 0.889. The highest BCUT2D eigenvalue weighted by Gasteiger charge is 2.69. The van der Waals surface area contributed by atoms with Crippen molar-refractivity contribution in [2.45, 2.75) is 121 Å². The number of ketones is 1. The summed E-state index contributed by atoms with van der Waals surface area (Å²) in [4.78, 5) is 13.2. The van der Waals surface area contributed by atoms with Gasteiger partial charge in [-0.2, -0.15) is 0 Å². The number of aliphatic hydroxyl groups excluding tert-OH is 3. The average Bonchev–Trinajstić information content (AvgIpc) is 3.00. The molecule has 0 aromatic heterocycles. The maximum atomic E-state index is 13.2. The first-order valence-corrected chi connectivity index (χ1v) is 12.9. The number of carbonyl (C=O) groups is 1. The van der Waals surface area contributed by atoms with Crippen LogP contribution in [0.1, 0.15) is 86.0 Å². The van der Waals surface area contributed by atoms with Gasteiger partial charge >= 0.3 is 0 Å². The second kappa shape index (κ2) is 8.09. The van der Waals surface area contributed by atoms with E-state index in [1.165, 1.54) is 0 Å². The van der Waals surface area contributed by atoms with Crippen LogP contribution in [0.2, 0.25) is 0 Å². The van der Waals surface area contributed by atoms with Crippen LogP contribution in [0.5, 0.6) is 0 Å². The highest BCUT2D eigenvalue weighted by atomic mass is 16.3. The number of hydrogen-bond acceptors (Lipinski definition) is 7. The van der Waals surface area contributed by atoms with Crippen molar-refractivity contribution >= 4 is 5.78 Å². The molecule has 0 aromatic rings. The van der Waals surface area contributed by atoms with E-state index >= 15 is 0 Å². The van der Waals surface area contributed by atoms with Crippen LogP contribution in [0.15, 0.2) is 11.6 Å². The predicted molar refractivity (Wildman–Crippen MR) is 127 cm³/mol.